The number of hydrogen-bond acceptors (Lipinski definition) is 2. The third-order valence-electron chi connectivity index (χ3n) is 4.38. The van der Waals surface area contributed by atoms with Crippen molar-refractivity contribution in [2.45, 2.75) is 13.0 Å². The molecule has 2 aromatic rings. The molecule has 0 saturated carbocycles. The van der Waals surface area contributed by atoms with Crippen LogP contribution in [0, 0.1) is 0 Å². The maximum absolute atomic E-state index is 13.0. The van der Waals surface area contributed by atoms with E-state index in [1.807, 2.05) is 54.6 Å². The predicted molar refractivity (Wildman–Crippen MR) is 90.0 cm³/mol. The molecule has 1 aliphatic heterocycles. The Morgan fingerprint density at radius 1 is 1.00 bits per heavy atom. The van der Waals surface area contributed by atoms with Crippen LogP contribution < -0.4 is 0 Å². The molecular weight excluding hydrogens is 288 g/mol. The molecule has 118 valence electrons. The van der Waals surface area contributed by atoms with Crippen LogP contribution in [0.4, 0.5) is 0 Å². The molecule has 2 aromatic carbocycles. The van der Waals surface area contributed by atoms with Crippen LogP contribution in [0.25, 0.3) is 11.1 Å². The molecule has 0 aliphatic carbocycles. The minimum Gasteiger partial charge on any atom is -0.342 e. The molecule has 0 N–H and O–H groups in total. The first-order valence-corrected chi connectivity index (χ1v) is 7.80. The minimum absolute atomic E-state index is 0.0122. The Morgan fingerprint density at radius 3 is 2.39 bits per heavy atom. The lowest BCUT2D eigenvalue weighted by Crippen LogP contribution is -2.56. The Labute approximate surface area is 136 Å². The van der Waals surface area contributed by atoms with E-state index in [1.165, 1.54) is 0 Å². The van der Waals surface area contributed by atoms with Gasteiger partial charge in [-0.3, -0.25) is 9.59 Å². The molecular formula is C19H20N2O2. The molecule has 0 radical (unpaired) electrons. The van der Waals surface area contributed by atoms with Crippen LogP contribution in [-0.2, 0) is 4.79 Å². The first-order valence-electron chi connectivity index (χ1n) is 7.80. The zero-order chi connectivity index (χ0) is 16.4. The Bertz CT molecular complexity index is 727. The molecule has 3 rings (SSSR count). The third-order valence-corrected chi connectivity index (χ3v) is 4.38. The molecule has 4 nitrogen and oxygen atoms in total. The maximum atomic E-state index is 13.0. The highest BCUT2D eigenvalue weighted by molar-refractivity contribution is 6.03. The van der Waals surface area contributed by atoms with E-state index in [2.05, 4.69) is 0 Å². The second-order valence-electron chi connectivity index (χ2n) is 5.85. The minimum atomic E-state index is -0.426. The van der Waals surface area contributed by atoms with Crippen LogP contribution in [0.5, 0.6) is 0 Å². The third kappa shape index (κ3) is 2.84. The highest BCUT2D eigenvalue weighted by Gasteiger charge is 2.33. The van der Waals surface area contributed by atoms with Gasteiger partial charge in [0.05, 0.1) is 0 Å². The van der Waals surface area contributed by atoms with Crippen LogP contribution in [-0.4, -0.2) is 47.8 Å². The molecule has 0 unspecified atom stereocenters. The molecule has 1 aliphatic rings. The smallest absolute Gasteiger partial charge is 0.255 e. The second kappa shape index (κ2) is 6.24. The molecule has 1 heterocycles. The SMILES string of the molecule is C[C@@H]1C(=O)N(C)CCN1C(=O)c1ccccc1-c1ccccc1. The summed E-state index contributed by atoms with van der Waals surface area (Å²) < 4.78 is 0. The van der Waals surface area contributed by atoms with Crippen molar-refractivity contribution >= 4 is 11.8 Å². The van der Waals surface area contributed by atoms with Gasteiger partial charge in [-0.2, -0.15) is 0 Å². The topological polar surface area (TPSA) is 40.6 Å². The van der Waals surface area contributed by atoms with Crippen molar-refractivity contribution in [1.29, 1.82) is 0 Å². The van der Waals surface area contributed by atoms with E-state index in [4.69, 9.17) is 0 Å². The van der Waals surface area contributed by atoms with E-state index in [1.54, 1.807) is 23.8 Å². The Hall–Kier alpha value is -2.62. The van der Waals surface area contributed by atoms with Crippen molar-refractivity contribution in [3.8, 4) is 11.1 Å². The fourth-order valence-electron chi connectivity index (χ4n) is 2.99. The van der Waals surface area contributed by atoms with Crippen molar-refractivity contribution in [3.05, 3.63) is 60.2 Å². The molecule has 23 heavy (non-hydrogen) atoms. The van der Waals surface area contributed by atoms with Crippen LogP contribution in [0.15, 0.2) is 54.6 Å². The molecule has 2 amide bonds. The zero-order valence-corrected chi connectivity index (χ0v) is 13.4. The van der Waals surface area contributed by atoms with Crippen LogP contribution in [0.3, 0.4) is 0 Å². The lowest BCUT2D eigenvalue weighted by Gasteiger charge is -2.37. The van der Waals surface area contributed by atoms with Gasteiger partial charge in [0, 0.05) is 25.7 Å². The second-order valence-corrected chi connectivity index (χ2v) is 5.85. The monoisotopic (exact) mass is 308 g/mol. The summed E-state index contributed by atoms with van der Waals surface area (Å²) in [5.41, 5.74) is 2.55. The van der Waals surface area contributed by atoms with Gasteiger partial charge in [-0.15, -0.1) is 0 Å². The number of carbonyl (C=O) groups excluding carboxylic acids is 2. The molecule has 0 bridgehead atoms. The highest BCUT2D eigenvalue weighted by Crippen LogP contribution is 2.25. The van der Waals surface area contributed by atoms with Gasteiger partial charge in [0.25, 0.3) is 5.91 Å². The lowest BCUT2D eigenvalue weighted by molar-refractivity contribution is -0.137. The average molecular weight is 308 g/mol. The lowest BCUT2D eigenvalue weighted by atomic mass is 9.98. The standard InChI is InChI=1S/C19H20N2O2/c1-14-18(22)20(2)12-13-21(14)19(23)17-11-7-6-10-16(17)15-8-4-3-5-9-15/h3-11,14H,12-13H2,1-2H3/t14-/m1/s1. The molecule has 1 saturated heterocycles. The quantitative estimate of drug-likeness (QED) is 0.856. The van der Waals surface area contributed by atoms with Gasteiger partial charge in [-0.25, -0.2) is 0 Å². The van der Waals surface area contributed by atoms with E-state index in [0.29, 0.717) is 18.7 Å². The summed E-state index contributed by atoms with van der Waals surface area (Å²) in [6.07, 6.45) is 0. The summed E-state index contributed by atoms with van der Waals surface area (Å²) in [6.45, 7) is 2.93. The van der Waals surface area contributed by atoms with Crippen LogP contribution in [0.2, 0.25) is 0 Å². The van der Waals surface area contributed by atoms with E-state index >= 15 is 0 Å². The predicted octanol–water partition coefficient (Wildman–Crippen LogP) is 2.66. The van der Waals surface area contributed by atoms with E-state index < -0.39 is 6.04 Å². The first-order chi connectivity index (χ1) is 11.1. The first kappa shape index (κ1) is 15.3. The normalized spacial score (nSPS) is 18.2. The largest absolute Gasteiger partial charge is 0.342 e. The summed E-state index contributed by atoms with van der Waals surface area (Å²) in [5, 5.41) is 0. The highest BCUT2D eigenvalue weighted by atomic mass is 16.2. The summed E-state index contributed by atoms with van der Waals surface area (Å²) in [6, 6.07) is 17.0. The Kier molecular flexibility index (Phi) is 4.15. The molecule has 0 spiro atoms. The van der Waals surface area contributed by atoms with Gasteiger partial charge in [0.1, 0.15) is 6.04 Å². The molecule has 1 atom stereocenters. The summed E-state index contributed by atoms with van der Waals surface area (Å²) in [5.74, 6) is -0.0970. The number of hydrogen-bond donors (Lipinski definition) is 0. The maximum Gasteiger partial charge on any atom is 0.255 e. The number of piperazine rings is 1. The van der Waals surface area contributed by atoms with E-state index in [0.717, 1.165) is 11.1 Å². The number of likely N-dealkylation sites (N-methyl/N-ethyl adjacent to an activating group) is 1. The number of nitrogens with zero attached hydrogens (tertiary/aromatic N) is 2. The fourth-order valence-corrected chi connectivity index (χ4v) is 2.99. The zero-order valence-electron chi connectivity index (χ0n) is 13.4. The summed E-state index contributed by atoms with van der Waals surface area (Å²) in [7, 11) is 1.78. The van der Waals surface area contributed by atoms with Crippen molar-refractivity contribution < 1.29 is 9.59 Å². The van der Waals surface area contributed by atoms with Crippen molar-refractivity contribution in [3.63, 3.8) is 0 Å². The average Bonchev–Trinajstić information content (AvgIpc) is 2.60. The summed E-state index contributed by atoms with van der Waals surface area (Å²) in [4.78, 5) is 28.5. The van der Waals surface area contributed by atoms with Gasteiger partial charge in [-0.05, 0) is 24.1 Å². The van der Waals surface area contributed by atoms with Gasteiger partial charge < -0.3 is 9.80 Å². The van der Waals surface area contributed by atoms with E-state index in [9.17, 15) is 9.59 Å². The van der Waals surface area contributed by atoms with Crippen molar-refractivity contribution in [1.82, 2.24) is 9.80 Å². The number of rotatable bonds is 2. The van der Waals surface area contributed by atoms with Gasteiger partial charge in [0.2, 0.25) is 5.91 Å². The van der Waals surface area contributed by atoms with E-state index in [-0.39, 0.29) is 11.8 Å². The number of amides is 2. The Balaban J connectivity index is 1.96. The molecule has 0 aromatic heterocycles. The van der Waals surface area contributed by atoms with Gasteiger partial charge >= 0.3 is 0 Å². The fraction of sp³-hybridized carbons (Fsp3) is 0.263. The van der Waals surface area contributed by atoms with Gasteiger partial charge in [0.15, 0.2) is 0 Å². The summed E-state index contributed by atoms with van der Waals surface area (Å²) >= 11 is 0. The van der Waals surface area contributed by atoms with Crippen LogP contribution >= 0.6 is 0 Å². The van der Waals surface area contributed by atoms with Gasteiger partial charge in [-0.1, -0.05) is 48.5 Å². The van der Waals surface area contributed by atoms with Crippen molar-refractivity contribution in [2.24, 2.45) is 0 Å². The number of benzene rings is 2. The Morgan fingerprint density at radius 2 is 1.65 bits per heavy atom. The molecule has 1 fully saturated rings. The number of carbonyl (C=O) groups is 2. The van der Waals surface area contributed by atoms with Crippen molar-refractivity contribution in [2.75, 3.05) is 20.1 Å². The van der Waals surface area contributed by atoms with Crippen LogP contribution in [0.1, 0.15) is 17.3 Å². The molecule has 4 heteroatoms.